The molecular weight excluding hydrogens is 274 g/mol. The molecule has 0 aromatic heterocycles. The summed E-state index contributed by atoms with van der Waals surface area (Å²) in [6, 6.07) is -1.06. The number of carboxylic acid groups (broad SMARTS) is 1. The second-order valence-corrected chi connectivity index (χ2v) is 4.44. The highest BCUT2D eigenvalue weighted by Crippen LogP contribution is 2.22. The molecule has 0 unspecified atom stereocenters. The van der Waals surface area contributed by atoms with Gasteiger partial charge in [0.15, 0.2) is 6.29 Å². The van der Waals surface area contributed by atoms with Crippen molar-refractivity contribution >= 4 is 11.9 Å². The van der Waals surface area contributed by atoms with Gasteiger partial charge in [0.2, 0.25) is 5.91 Å². The fourth-order valence-electron chi connectivity index (χ4n) is 1.95. The number of carboxylic acids is 1. The highest BCUT2D eigenvalue weighted by Gasteiger charge is 2.45. The number of aliphatic hydroxyl groups is 3. The van der Waals surface area contributed by atoms with Gasteiger partial charge in [0.25, 0.3) is 0 Å². The van der Waals surface area contributed by atoms with Gasteiger partial charge in [0, 0.05) is 6.92 Å². The normalized spacial score (nSPS) is 33.7. The van der Waals surface area contributed by atoms with Crippen LogP contribution in [0.25, 0.3) is 0 Å². The summed E-state index contributed by atoms with van der Waals surface area (Å²) in [4.78, 5) is 21.5. The molecule has 1 heterocycles. The van der Waals surface area contributed by atoms with Crippen molar-refractivity contribution < 1.29 is 39.5 Å². The van der Waals surface area contributed by atoms with Gasteiger partial charge >= 0.3 is 5.97 Å². The lowest BCUT2D eigenvalue weighted by atomic mass is 9.96. The predicted octanol–water partition coefficient (Wildman–Crippen LogP) is -2.58. The van der Waals surface area contributed by atoms with E-state index in [1.54, 1.807) is 0 Å². The van der Waals surface area contributed by atoms with Crippen LogP contribution in [0.4, 0.5) is 0 Å². The minimum atomic E-state index is -1.48. The molecule has 20 heavy (non-hydrogen) atoms. The van der Waals surface area contributed by atoms with Crippen LogP contribution >= 0.6 is 0 Å². The Bertz CT molecular complexity index is 349. The second kappa shape index (κ2) is 7.50. The maximum atomic E-state index is 11.1. The molecule has 116 valence electrons. The van der Waals surface area contributed by atoms with Crippen LogP contribution in [0.3, 0.4) is 0 Å². The van der Waals surface area contributed by atoms with E-state index >= 15 is 0 Å². The van der Waals surface area contributed by atoms with Crippen molar-refractivity contribution in [2.24, 2.45) is 0 Å². The van der Waals surface area contributed by atoms with Crippen LogP contribution in [0.5, 0.6) is 0 Å². The van der Waals surface area contributed by atoms with Crippen LogP contribution < -0.4 is 5.32 Å². The van der Waals surface area contributed by atoms with E-state index in [2.05, 4.69) is 5.32 Å². The number of rotatable bonds is 6. The van der Waals surface area contributed by atoms with Crippen LogP contribution in [0.2, 0.25) is 0 Å². The molecule has 0 bridgehead atoms. The van der Waals surface area contributed by atoms with Crippen molar-refractivity contribution in [3.8, 4) is 0 Å². The molecule has 0 spiro atoms. The van der Waals surface area contributed by atoms with E-state index in [1.807, 2.05) is 0 Å². The van der Waals surface area contributed by atoms with Gasteiger partial charge in [-0.1, -0.05) is 0 Å². The monoisotopic (exact) mass is 293 g/mol. The summed E-state index contributed by atoms with van der Waals surface area (Å²) in [5, 5.41) is 39.7. The number of carbonyl (C=O) groups is 2. The zero-order valence-electron chi connectivity index (χ0n) is 10.9. The lowest BCUT2D eigenvalue weighted by Gasteiger charge is -2.42. The Balaban J connectivity index is 2.76. The molecule has 9 heteroatoms. The molecule has 1 amide bonds. The fourth-order valence-corrected chi connectivity index (χ4v) is 1.95. The molecule has 1 saturated heterocycles. The Morgan fingerprint density at radius 2 is 2.00 bits per heavy atom. The number of aliphatic hydroxyl groups excluding tert-OH is 3. The van der Waals surface area contributed by atoms with Crippen molar-refractivity contribution in [2.45, 2.75) is 44.0 Å². The van der Waals surface area contributed by atoms with E-state index in [4.69, 9.17) is 19.7 Å². The summed E-state index contributed by atoms with van der Waals surface area (Å²) in [6.07, 6.45) is -5.25. The molecule has 1 fully saturated rings. The second-order valence-electron chi connectivity index (χ2n) is 4.44. The van der Waals surface area contributed by atoms with Crippen LogP contribution in [0.1, 0.15) is 13.3 Å². The molecule has 1 aliphatic heterocycles. The Morgan fingerprint density at radius 1 is 1.35 bits per heavy atom. The highest BCUT2D eigenvalue weighted by molar-refractivity contribution is 5.73. The molecule has 0 aliphatic carbocycles. The van der Waals surface area contributed by atoms with Crippen molar-refractivity contribution in [1.29, 1.82) is 0 Å². The highest BCUT2D eigenvalue weighted by atomic mass is 16.6. The summed E-state index contributed by atoms with van der Waals surface area (Å²) in [6.45, 7) is 0.452. The van der Waals surface area contributed by atoms with Gasteiger partial charge in [0.1, 0.15) is 24.4 Å². The van der Waals surface area contributed by atoms with E-state index in [-0.39, 0.29) is 13.0 Å². The van der Waals surface area contributed by atoms with Gasteiger partial charge in [-0.2, -0.15) is 0 Å². The quantitative estimate of drug-likeness (QED) is 0.359. The molecule has 9 nitrogen and oxygen atoms in total. The summed E-state index contributed by atoms with van der Waals surface area (Å²) >= 11 is 0. The van der Waals surface area contributed by atoms with Gasteiger partial charge in [-0.05, 0) is 0 Å². The topological polar surface area (TPSA) is 146 Å². The molecule has 0 aromatic rings. The number of nitrogens with one attached hydrogen (secondary N) is 1. The molecule has 1 rings (SSSR count). The van der Waals surface area contributed by atoms with Crippen LogP contribution in [0.15, 0.2) is 0 Å². The van der Waals surface area contributed by atoms with Gasteiger partial charge in [-0.15, -0.1) is 0 Å². The summed E-state index contributed by atoms with van der Waals surface area (Å²) in [5.74, 6) is -1.55. The van der Waals surface area contributed by atoms with Crippen LogP contribution in [-0.4, -0.2) is 76.2 Å². The van der Waals surface area contributed by atoms with Crippen molar-refractivity contribution in [1.82, 2.24) is 5.32 Å². The largest absolute Gasteiger partial charge is 0.481 e. The molecule has 1 aliphatic rings. The minimum Gasteiger partial charge on any atom is -0.481 e. The average molecular weight is 293 g/mol. The molecule has 5 atom stereocenters. The minimum absolute atomic E-state index is 0.210. The first kappa shape index (κ1) is 16.8. The van der Waals surface area contributed by atoms with E-state index < -0.39 is 49.1 Å². The first-order valence-electron chi connectivity index (χ1n) is 6.09. The van der Waals surface area contributed by atoms with Gasteiger partial charge in [-0.3, -0.25) is 9.59 Å². The van der Waals surface area contributed by atoms with Gasteiger partial charge in [-0.25, -0.2) is 0 Å². The molecule has 0 aromatic carbocycles. The number of hydrogen-bond acceptors (Lipinski definition) is 7. The van der Waals surface area contributed by atoms with E-state index in [0.29, 0.717) is 0 Å². The third-order valence-corrected chi connectivity index (χ3v) is 2.87. The van der Waals surface area contributed by atoms with Crippen LogP contribution in [0, 0.1) is 0 Å². The maximum absolute atomic E-state index is 11.1. The molecule has 5 N–H and O–H groups in total. The SMILES string of the molecule is CC(=O)N[C@H]1[C@H](OCCC(=O)O)[C@@H](O)[C@@H](CO)O[C@H]1O. The number of aliphatic carboxylic acids is 1. The first-order valence-corrected chi connectivity index (χ1v) is 6.09. The number of amides is 1. The third kappa shape index (κ3) is 4.39. The smallest absolute Gasteiger partial charge is 0.305 e. The standard InChI is InChI=1S/C11H19NO8/c1-5(14)12-8-10(19-3-2-7(15)16)9(17)6(4-13)20-11(8)18/h6,8-11,13,17-18H,2-4H2,1H3,(H,12,14)(H,15,16)/t6-,8+,9+,10+,11-/m1/s1. The molecule has 0 saturated carbocycles. The Labute approximate surface area is 115 Å². The average Bonchev–Trinajstić information content (AvgIpc) is 2.36. The van der Waals surface area contributed by atoms with E-state index in [0.717, 1.165) is 0 Å². The van der Waals surface area contributed by atoms with Gasteiger partial charge < -0.3 is 35.2 Å². The van der Waals surface area contributed by atoms with E-state index in [9.17, 15) is 19.8 Å². The Morgan fingerprint density at radius 3 is 2.50 bits per heavy atom. The summed E-state index contributed by atoms with van der Waals surface area (Å²) in [5.41, 5.74) is 0. The summed E-state index contributed by atoms with van der Waals surface area (Å²) < 4.78 is 10.2. The van der Waals surface area contributed by atoms with Crippen LogP contribution in [-0.2, 0) is 19.1 Å². The predicted molar refractivity (Wildman–Crippen MR) is 63.6 cm³/mol. The van der Waals surface area contributed by atoms with Crippen molar-refractivity contribution in [3.63, 3.8) is 0 Å². The van der Waals surface area contributed by atoms with Crippen molar-refractivity contribution in [2.75, 3.05) is 13.2 Å². The lowest BCUT2D eigenvalue weighted by Crippen LogP contribution is -2.64. The van der Waals surface area contributed by atoms with Gasteiger partial charge in [0.05, 0.1) is 19.6 Å². The van der Waals surface area contributed by atoms with E-state index in [1.165, 1.54) is 6.92 Å². The first-order chi connectivity index (χ1) is 9.36. The molecule has 0 radical (unpaired) electrons. The Hall–Kier alpha value is -1.26. The fraction of sp³-hybridized carbons (Fsp3) is 0.818. The maximum Gasteiger partial charge on any atom is 0.305 e. The number of hydrogen-bond donors (Lipinski definition) is 5. The Kier molecular flexibility index (Phi) is 6.30. The zero-order chi connectivity index (χ0) is 15.3. The van der Waals surface area contributed by atoms with Crippen molar-refractivity contribution in [3.05, 3.63) is 0 Å². The lowest BCUT2D eigenvalue weighted by molar-refractivity contribution is -0.262. The zero-order valence-corrected chi connectivity index (χ0v) is 10.9. The molecular formula is C11H19NO8. The third-order valence-electron chi connectivity index (χ3n) is 2.87. The summed E-state index contributed by atoms with van der Waals surface area (Å²) in [7, 11) is 0. The number of carbonyl (C=O) groups excluding carboxylic acids is 1. The number of ether oxygens (including phenoxy) is 2.